The van der Waals surface area contributed by atoms with E-state index in [0.717, 1.165) is 31.5 Å². The number of benzene rings is 2. The van der Waals surface area contributed by atoms with E-state index in [-0.39, 0.29) is 11.6 Å². The van der Waals surface area contributed by atoms with Crippen molar-refractivity contribution in [3.8, 4) is 0 Å². The first-order valence-electron chi connectivity index (χ1n) is 7.29. The highest BCUT2D eigenvalue weighted by atomic mass is 19.1. The largest absolute Gasteiger partial charge is 0.317 e. The van der Waals surface area contributed by atoms with Crippen LogP contribution in [-0.2, 0) is 5.41 Å². The number of halogens is 1. The second-order valence-corrected chi connectivity index (χ2v) is 5.53. The molecule has 0 radical (unpaired) electrons. The summed E-state index contributed by atoms with van der Waals surface area (Å²) >= 11 is 0. The van der Waals surface area contributed by atoms with Crippen LogP contribution in [-0.4, -0.2) is 18.9 Å². The van der Waals surface area contributed by atoms with Gasteiger partial charge in [0.15, 0.2) is 5.78 Å². The third kappa shape index (κ3) is 2.61. The fraction of sp³-hybridized carbons (Fsp3) is 0.278. The Kier molecular flexibility index (Phi) is 3.84. The van der Waals surface area contributed by atoms with E-state index in [4.69, 9.17) is 0 Å². The van der Waals surface area contributed by atoms with Crippen LogP contribution >= 0.6 is 0 Å². The van der Waals surface area contributed by atoms with Gasteiger partial charge in [0, 0.05) is 5.56 Å². The average molecular weight is 283 g/mol. The summed E-state index contributed by atoms with van der Waals surface area (Å²) in [6.07, 6.45) is 1.54. The fourth-order valence-electron chi connectivity index (χ4n) is 3.14. The van der Waals surface area contributed by atoms with Crippen molar-refractivity contribution < 1.29 is 9.18 Å². The third-order valence-electron chi connectivity index (χ3n) is 4.32. The minimum absolute atomic E-state index is 0.0928. The molecule has 0 unspecified atom stereocenters. The van der Waals surface area contributed by atoms with Gasteiger partial charge in [-0.1, -0.05) is 30.3 Å². The summed E-state index contributed by atoms with van der Waals surface area (Å²) in [5.74, 6) is -0.221. The molecule has 3 rings (SSSR count). The number of hydrogen-bond donors (Lipinski definition) is 1. The minimum Gasteiger partial charge on any atom is -0.317 e. The van der Waals surface area contributed by atoms with Crippen LogP contribution in [0.5, 0.6) is 0 Å². The highest BCUT2D eigenvalue weighted by molar-refractivity contribution is 6.04. The van der Waals surface area contributed by atoms with E-state index in [1.54, 1.807) is 12.1 Å². The molecule has 21 heavy (non-hydrogen) atoms. The van der Waals surface area contributed by atoms with Gasteiger partial charge >= 0.3 is 0 Å². The Bertz CT molecular complexity index is 615. The number of piperidine rings is 1. The molecule has 2 aromatic carbocycles. The average Bonchev–Trinajstić information content (AvgIpc) is 2.56. The van der Waals surface area contributed by atoms with Crippen molar-refractivity contribution >= 4 is 5.78 Å². The van der Waals surface area contributed by atoms with Gasteiger partial charge in [0.2, 0.25) is 0 Å². The molecule has 0 atom stereocenters. The number of carbonyl (C=O) groups excluding carboxylic acids is 1. The fourth-order valence-corrected chi connectivity index (χ4v) is 3.14. The molecule has 0 amide bonds. The first kappa shape index (κ1) is 14.0. The van der Waals surface area contributed by atoms with Crippen LogP contribution in [0, 0.1) is 5.82 Å². The molecule has 2 nitrogen and oxygen atoms in total. The molecule has 1 aliphatic heterocycles. The number of rotatable bonds is 3. The smallest absolute Gasteiger partial charge is 0.173 e. The number of hydrogen-bond acceptors (Lipinski definition) is 2. The van der Waals surface area contributed by atoms with Gasteiger partial charge < -0.3 is 5.32 Å². The zero-order valence-corrected chi connectivity index (χ0v) is 11.8. The Morgan fingerprint density at radius 1 is 0.952 bits per heavy atom. The Morgan fingerprint density at radius 3 is 2.19 bits per heavy atom. The lowest BCUT2D eigenvalue weighted by Crippen LogP contribution is -2.45. The first-order valence-corrected chi connectivity index (χ1v) is 7.29. The van der Waals surface area contributed by atoms with Gasteiger partial charge in [-0.2, -0.15) is 0 Å². The molecule has 108 valence electrons. The molecule has 1 N–H and O–H groups in total. The predicted molar refractivity (Wildman–Crippen MR) is 81.0 cm³/mol. The number of ketones is 1. The molecule has 0 spiro atoms. The van der Waals surface area contributed by atoms with Crippen molar-refractivity contribution in [1.82, 2.24) is 5.32 Å². The maximum atomic E-state index is 13.1. The van der Waals surface area contributed by atoms with Gasteiger partial charge in [-0.15, -0.1) is 0 Å². The SMILES string of the molecule is O=C(c1ccc(F)cc1)C1(c2ccccc2)CCNCC1. The Balaban J connectivity index is 2.03. The molecule has 0 saturated carbocycles. The van der Waals surface area contributed by atoms with Crippen molar-refractivity contribution in [1.29, 1.82) is 0 Å². The summed E-state index contributed by atoms with van der Waals surface area (Å²) in [6.45, 7) is 1.64. The standard InChI is InChI=1S/C18H18FNO/c19-16-8-6-14(7-9-16)17(21)18(10-12-20-13-11-18)15-4-2-1-3-5-15/h1-9,20H,10-13H2. The lowest BCUT2D eigenvalue weighted by Gasteiger charge is -2.37. The van der Waals surface area contributed by atoms with Gasteiger partial charge in [0.25, 0.3) is 0 Å². The third-order valence-corrected chi connectivity index (χ3v) is 4.32. The minimum atomic E-state index is -0.496. The number of nitrogens with one attached hydrogen (secondary N) is 1. The van der Waals surface area contributed by atoms with Crippen LogP contribution in [0.15, 0.2) is 54.6 Å². The quantitative estimate of drug-likeness (QED) is 0.875. The van der Waals surface area contributed by atoms with E-state index in [2.05, 4.69) is 5.32 Å². The summed E-state index contributed by atoms with van der Waals surface area (Å²) in [5.41, 5.74) is 1.15. The second kappa shape index (κ2) is 5.78. The summed E-state index contributed by atoms with van der Waals surface area (Å²) in [5, 5.41) is 3.31. The van der Waals surface area contributed by atoms with Crippen molar-refractivity contribution in [2.75, 3.05) is 13.1 Å². The predicted octanol–water partition coefficient (Wildman–Crippen LogP) is 3.33. The lowest BCUT2D eigenvalue weighted by atomic mass is 9.68. The molecule has 0 aromatic heterocycles. The molecular formula is C18H18FNO. The number of carbonyl (C=O) groups is 1. The van der Waals surface area contributed by atoms with E-state index in [1.165, 1.54) is 12.1 Å². The van der Waals surface area contributed by atoms with Gasteiger partial charge in [0.05, 0.1) is 5.41 Å². The molecular weight excluding hydrogens is 265 g/mol. The van der Waals surface area contributed by atoms with Gasteiger partial charge in [-0.05, 0) is 55.8 Å². The van der Waals surface area contributed by atoms with Crippen LogP contribution in [0.1, 0.15) is 28.8 Å². The molecule has 1 fully saturated rings. The molecule has 0 aliphatic carbocycles. The van der Waals surface area contributed by atoms with E-state index >= 15 is 0 Å². The summed E-state index contributed by atoms with van der Waals surface area (Å²) < 4.78 is 13.1. The van der Waals surface area contributed by atoms with Crippen molar-refractivity contribution in [3.63, 3.8) is 0 Å². The van der Waals surface area contributed by atoms with Crippen LogP contribution in [0.4, 0.5) is 4.39 Å². The highest BCUT2D eigenvalue weighted by Gasteiger charge is 2.41. The molecule has 2 aromatic rings. The van der Waals surface area contributed by atoms with Crippen LogP contribution in [0.2, 0.25) is 0 Å². The summed E-state index contributed by atoms with van der Waals surface area (Å²) in [7, 11) is 0. The van der Waals surface area contributed by atoms with Gasteiger partial charge in [0.1, 0.15) is 5.82 Å². The highest BCUT2D eigenvalue weighted by Crippen LogP contribution is 2.36. The second-order valence-electron chi connectivity index (χ2n) is 5.53. The van der Waals surface area contributed by atoms with Crippen LogP contribution in [0.3, 0.4) is 0 Å². The van der Waals surface area contributed by atoms with E-state index in [9.17, 15) is 9.18 Å². The Labute approximate surface area is 124 Å². The Morgan fingerprint density at radius 2 is 1.57 bits per heavy atom. The summed E-state index contributed by atoms with van der Waals surface area (Å²) in [6, 6.07) is 15.8. The van der Waals surface area contributed by atoms with Crippen molar-refractivity contribution in [3.05, 3.63) is 71.5 Å². The van der Waals surface area contributed by atoms with Gasteiger partial charge in [-0.25, -0.2) is 4.39 Å². The van der Waals surface area contributed by atoms with Gasteiger partial charge in [-0.3, -0.25) is 4.79 Å². The first-order chi connectivity index (χ1) is 10.2. The summed E-state index contributed by atoms with van der Waals surface area (Å²) in [4.78, 5) is 13.1. The maximum absolute atomic E-state index is 13.1. The van der Waals surface area contributed by atoms with E-state index in [1.807, 2.05) is 30.3 Å². The molecule has 1 saturated heterocycles. The van der Waals surface area contributed by atoms with E-state index in [0.29, 0.717) is 5.56 Å². The normalized spacial score (nSPS) is 17.4. The van der Waals surface area contributed by atoms with Crippen LogP contribution < -0.4 is 5.32 Å². The van der Waals surface area contributed by atoms with Crippen molar-refractivity contribution in [2.45, 2.75) is 18.3 Å². The number of Topliss-reactive ketones (excluding diaryl/α,β-unsaturated/α-hetero) is 1. The maximum Gasteiger partial charge on any atom is 0.173 e. The molecule has 0 bridgehead atoms. The molecule has 1 aliphatic rings. The topological polar surface area (TPSA) is 29.1 Å². The monoisotopic (exact) mass is 283 g/mol. The van der Waals surface area contributed by atoms with E-state index < -0.39 is 5.41 Å². The van der Waals surface area contributed by atoms with Crippen LogP contribution in [0.25, 0.3) is 0 Å². The van der Waals surface area contributed by atoms with Crippen molar-refractivity contribution in [2.24, 2.45) is 0 Å². The lowest BCUT2D eigenvalue weighted by molar-refractivity contribution is 0.0847. The molecule has 1 heterocycles. The molecule has 3 heteroatoms. The zero-order chi connectivity index (χ0) is 14.7. The zero-order valence-electron chi connectivity index (χ0n) is 11.8. The Hall–Kier alpha value is -2.00.